The quantitative estimate of drug-likeness (QED) is 0.167. The van der Waals surface area contributed by atoms with E-state index in [1.807, 2.05) is 97.1 Å². The first-order chi connectivity index (χ1) is 21.2. The van der Waals surface area contributed by atoms with Gasteiger partial charge in [-0.15, -0.1) is 6.58 Å². The third-order valence-corrected chi connectivity index (χ3v) is 7.53. The minimum atomic E-state index is -0.527. The average Bonchev–Trinajstić information content (AvgIpc) is 3.07. The van der Waals surface area contributed by atoms with Crippen LogP contribution in [0.5, 0.6) is 5.75 Å². The van der Waals surface area contributed by atoms with Gasteiger partial charge < -0.3 is 28.4 Å². The second-order valence-electron chi connectivity index (χ2n) is 10.5. The summed E-state index contributed by atoms with van der Waals surface area (Å²) in [6.07, 6.45) is -0.183. The van der Waals surface area contributed by atoms with E-state index in [0.29, 0.717) is 39.6 Å². The van der Waals surface area contributed by atoms with E-state index in [1.165, 1.54) is 0 Å². The van der Waals surface area contributed by atoms with E-state index in [2.05, 4.69) is 18.7 Å². The smallest absolute Gasteiger partial charge is 0.118 e. The summed E-state index contributed by atoms with van der Waals surface area (Å²) in [5.41, 5.74) is 5.29. The maximum atomic E-state index is 6.73. The van der Waals surface area contributed by atoms with Crippen molar-refractivity contribution in [1.82, 2.24) is 0 Å². The number of benzene rings is 4. The number of ether oxygens (including phenoxy) is 6. The fourth-order valence-electron chi connectivity index (χ4n) is 5.09. The van der Waals surface area contributed by atoms with Gasteiger partial charge in [0, 0.05) is 0 Å². The fourth-order valence-corrected chi connectivity index (χ4v) is 5.09. The molecule has 5 rings (SSSR count). The van der Waals surface area contributed by atoms with Gasteiger partial charge >= 0.3 is 0 Å². The molecule has 0 aromatic heterocycles. The van der Waals surface area contributed by atoms with Crippen LogP contribution in [0.1, 0.15) is 27.8 Å². The van der Waals surface area contributed by atoms with Crippen molar-refractivity contribution in [2.24, 2.45) is 0 Å². The van der Waals surface area contributed by atoms with Crippen LogP contribution in [0, 0.1) is 0 Å². The van der Waals surface area contributed by atoms with Crippen LogP contribution in [0.4, 0.5) is 0 Å². The molecule has 0 saturated heterocycles. The molecule has 0 N–H and O–H groups in total. The molecule has 2 unspecified atom stereocenters. The van der Waals surface area contributed by atoms with Crippen LogP contribution in [0.15, 0.2) is 122 Å². The largest absolute Gasteiger partial charge is 0.497 e. The first-order valence-electron chi connectivity index (χ1n) is 14.7. The Kier molecular flexibility index (Phi) is 11.5. The van der Waals surface area contributed by atoms with Gasteiger partial charge in [0.2, 0.25) is 0 Å². The summed E-state index contributed by atoms with van der Waals surface area (Å²) in [7, 11) is 1.66. The molecular weight excluding hydrogens is 540 g/mol. The summed E-state index contributed by atoms with van der Waals surface area (Å²) in [6, 6.07) is 36.2. The molecule has 1 aliphatic heterocycles. The van der Waals surface area contributed by atoms with Gasteiger partial charge in [-0.1, -0.05) is 103 Å². The SMILES string of the molecule is C=C[C@@H](OCc1ccccc1)C1OCc2ccccc2COCC(OCc2ccc(OC)cc2)[C@@H]1OCc1ccccc1. The third-order valence-electron chi connectivity index (χ3n) is 7.53. The molecule has 4 atom stereocenters. The van der Waals surface area contributed by atoms with Crippen LogP contribution in [0.25, 0.3) is 0 Å². The summed E-state index contributed by atoms with van der Waals surface area (Å²) >= 11 is 0. The molecule has 0 spiro atoms. The lowest BCUT2D eigenvalue weighted by atomic mass is 10.0. The summed E-state index contributed by atoms with van der Waals surface area (Å²) in [6.45, 7) is 6.43. The van der Waals surface area contributed by atoms with E-state index in [-0.39, 0.29) is 0 Å². The standard InChI is InChI=1S/C37H40O6/c1-3-34(40-22-28-12-6-4-7-13-28)36-37(42-24-29-14-8-5-9-15-29)35(41-23-30-18-20-33(38-2)21-19-30)27-39-25-31-16-10-11-17-32(31)26-43-36/h3-21,34-37H,1,22-27H2,2H3/t34-,35?,36?,37+/m1/s1. The van der Waals surface area contributed by atoms with Crippen molar-refractivity contribution in [3.63, 3.8) is 0 Å². The molecule has 43 heavy (non-hydrogen) atoms. The van der Waals surface area contributed by atoms with Gasteiger partial charge in [-0.05, 0) is 39.9 Å². The molecule has 1 aliphatic rings. The van der Waals surface area contributed by atoms with Gasteiger partial charge in [-0.25, -0.2) is 0 Å². The van der Waals surface area contributed by atoms with E-state index < -0.39 is 24.4 Å². The topological polar surface area (TPSA) is 55.4 Å². The molecular formula is C37H40O6. The zero-order valence-electron chi connectivity index (χ0n) is 24.7. The Bertz CT molecular complexity index is 1380. The van der Waals surface area contributed by atoms with Crippen LogP contribution in [-0.2, 0) is 56.7 Å². The maximum absolute atomic E-state index is 6.73. The average molecular weight is 581 g/mol. The van der Waals surface area contributed by atoms with Crippen molar-refractivity contribution in [2.45, 2.75) is 57.5 Å². The highest BCUT2D eigenvalue weighted by molar-refractivity contribution is 5.27. The molecule has 4 aromatic carbocycles. The van der Waals surface area contributed by atoms with Gasteiger partial charge in [-0.3, -0.25) is 0 Å². The van der Waals surface area contributed by atoms with E-state index in [9.17, 15) is 0 Å². The second kappa shape index (κ2) is 16.2. The molecule has 6 nitrogen and oxygen atoms in total. The molecule has 0 saturated carbocycles. The van der Waals surface area contributed by atoms with Crippen LogP contribution in [-0.4, -0.2) is 38.1 Å². The van der Waals surface area contributed by atoms with Crippen molar-refractivity contribution in [1.29, 1.82) is 0 Å². The van der Waals surface area contributed by atoms with Gasteiger partial charge in [-0.2, -0.15) is 0 Å². The molecule has 0 amide bonds. The molecule has 4 aromatic rings. The Balaban J connectivity index is 1.45. The maximum Gasteiger partial charge on any atom is 0.118 e. The normalized spacial score (nSPS) is 19.6. The van der Waals surface area contributed by atoms with Crippen LogP contribution in [0.2, 0.25) is 0 Å². The number of hydrogen-bond donors (Lipinski definition) is 0. The Hall–Kier alpha value is -3.78. The Morgan fingerprint density at radius 3 is 1.95 bits per heavy atom. The predicted octanol–water partition coefficient (Wildman–Crippen LogP) is 7.05. The van der Waals surface area contributed by atoms with E-state index in [1.54, 1.807) is 13.2 Å². The van der Waals surface area contributed by atoms with Crippen molar-refractivity contribution >= 4 is 0 Å². The summed E-state index contributed by atoms with van der Waals surface area (Å²) in [5.74, 6) is 0.798. The first-order valence-corrected chi connectivity index (χ1v) is 14.7. The molecule has 224 valence electrons. The minimum Gasteiger partial charge on any atom is -0.497 e. The number of rotatable bonds is 12. The Morgan fingerprint density at radius 2 is 1.30 bits per heavy atom. The zero-order valence-corrected chi connectivity index (χ0v) is 24.7. The van der Waals surface area contributed by atoms with Gasteiger partial charge in [0.25, 0.3) is 0 Å². The monoisotopic (exact) mass is 580 g/mol. The van der Waals surface area contributed by atoms with Gasteiger partial charge in [0.15, 0.2) is 0 Å². The second-order valence-corrected chi connectivity index (χ2v) is 10.5. The highest BCUT2D eigenvalue weighted by Gasteiger charge is 2.38. The highest BCUT2D eigenvalue weighted by atomic mass is 16.6. The Morgan fingerprint density at radius 1 is 0.721 bits per heavy atom. The minimum absolute atomic E-state index is 0.312. The van der Waals surface area contributed by atoms with Gasteiger partial charge in [0.05, 0.1) is 46.8 Å². The molecule has 0 aliphatic carbocycles. The van der Waals surface area contributed by atoms with Crippen LogP contribution in [0.3, 0.4) is 0 Å². The third kappa shape index (κ3) is 8.86. The predicted molar refractivity (Wildman–Crippen MR) is 166 cm³/mol. The van der Waals surface area contributed by atoms with Crippen molar-refractivity contribution < 1.29 is 28.4 Å². The lowest BCUT2D eigenvalue weighted by Gasteiger charge is -2.37. The fraction of sp³-hybridized carbons (Fsp3) is 0.297. The summed E-state index contributed by atoms with van der Waals surface area (Å²) in [4.78, 5) is 0. The molecule has 0 radical (unpaired) electrons. The molecule has 0 fully saturated rings. The summed E-state index contributed by atoms with van der Waals surface area (Å²) < 4.78 is 38.1. The zero-order chi connectivity index (χ0) is 29.7. The summed E-state index contributed by atoms with van der Waals surface area (Å²) in [5, 5.41) is 0. The molecule has 1 heterocycles. The highest BCUT2D eigenvalue weighted by Crippen LogP contribution is 2.26. The lowest BCUT2D eigenvalue weighted by molar-refractivity contribution is -0.194. The number of fused-ring (bicyclic) bond motifs is 1. The lowest BCUT2D eigenvalue weighted by Crippen LogP contribution is -2.50. The Labute approximate surface area is 254 Å². The number of methoxy groups -OCH3 is 1. The number of hydrogen-bond acceptors (Lipinski definition) is 6. The van der Waals surface area contributed by atoms with Crippen LogP contribution < -0.4 is 4.74 Å². The first kappa shape index (κ1) is 30.7. The van der Waals surface area contributed by atoms with E-state index >= 15 is 0 Å². The van der Waals surface area contributed by atoms with Crippen molar-refractivity contribution in [3.8, 4) is 5.75 Å². The van der Waals surface area contributed by atoms with Crippen molar-refractivity contribution in [2.75, 3.05) is 13.7 Å². The molecule has 0 bridgehead atoms. The van der Waals surface area contributed by atoms with Crippen molar-refractivity contribution in [3.05, 3.63) is 150 Å². The molecule has 6 heteroatoms. The van der Waals surface area contributed by atoms with E-state index in [4.69, 9.17) is 28.4 Å². The van der Waals surface area contributed by atoms with E-state index in [0.717, 1.165) is 33.6 Å². The van der Waals surface area contributed by atoms with Crippen LogP contribution >= 0.6 is 0 Å². The van der Waals surface area contributed by atoms with Gasteiger partial charge in [0.1, 0.15) is 30.2 Å².